The number of hydrogen-bond acceptors (Lipinski definition) is 3. The molecule has 3 rings (SSSR count). The Morgan fingerprint density at radius 1 is 1.17 bits per heavy atom. The van der Waals surface area contributed by atoms with Gasteiger partial charge >= 0.3 is 0 Å². The van der Waals surface area contributed by atoms with Crippen molar-refractivity contribution in [2.75, 3.05) is 0 Å². The number of hydrogen-bond donors (Lipinski definition) is 1. The Morgan fingerprint density at radius 3 is 2.62 bits per heavy atom. The summed E-state index contributed by atoms with van der Waals surface area (Å²) in [5.41, 5.74) is 8.94. The third-order valence-electron chi connectivity index (χ3n) is 5.06. The third kappa shape index (κ3) is 3.74. The molecule has 1 unspecified atom stereocenters. The molecule has 2 aromatic rings. The first kappa shape index (κ1) is 16.9. The van der Waals surface area contributed by atoms with Gasteiger partial charge in [0.25, 0.3) is 0 Å². The van der Waals surface area contributed by atoms with Crippen LogP contribution in [0, 0.1) is 6.92 Å². The predicted molar refractivity (Wildman–Crippen MR) is 97.6 cm³/mol. The van der Waals surface area contributed by atoms with Crippen LogP contribution in [-0.4, -0.2) is 23.4 Å². The number of carbonyl (C=O) groups excluding carboxylic acids is 1. The number of rotatable bonds is 6. The van der Waals surface area contributed by atoms with Crippen LogP contribution in [0.15, 0.2) is 48.5 Å². The van der Waals surface area contributed by atoms with Gasteiger partial charge in [0.15, 0.2) is 0 Å². The number of nitrogens with one attached hydrogen (secondary N) is 1. The van der Waals surface area contributed by atoms with Gasteiger partial charge in [0.2, 0.25) is 0 Å². The monoisotopic (exact) mass is 322 g/mol. The molecule has 0 bridgehead atoms. The molecule has 0 spiro atoms. The lowest BCUT2D eigenvalue weighted by atomic mass is 9.87. The van der Waals surface area contributed by atoms with Crippen LogP contribution in [-0.2, 0) is 24.2 Å². The first-order chi connectivity index (χ1) is 11.7. The first-order valence-corrected chi connectivity index (χ1v) is 8.77. The molecule has 126 valence electrons. The summed E-state index contributed by atoms with van der Waals surface area (Å²) >= 11 is 0. The van der Waals surface area contributed by atoms with E-state index in [-0.39, 0.29) is 6.04 Å². The van der Waals surface area contributed by atoms with Gasteiger partial charge in [0.1, 0.15) is 6.29 Å². The van der Waals surface area contributed by atoms with Crippen molar-refractivity contribution < 1.29 is 4.79 Å². The molecule has 0 aromatic heterocycles. The summed E-state index contributed by atoms with van der Waals surface area (Å²) in [6, 6.07) is 17.3. The summed E-state index contributed by atoms with van der Waals surface area (Å²) in [5, 5.41) is 2.16. The van der Waals surface area contributed by atoms with Crippen LogP contribution in [0.3, 0.4) is 0 Å². The van der Waals surface area contributed by atoms with E-state index in [1.54, 1.807) is 0 Å². The smallest absolute Gasteiger partial charge is 0.138 e. The molecule has 0 saturated heterocycles. The zero-order chi connectivity index (χ0) is 16.9. The number of fused-ring (bicyclic) bond motifs is 1. The molecule has 1 aliphatic carbocycles. The SMILES string of the molecule is Cc1ccccc1CNN(C1CCc2ccccc2C1)[C@@H](C)C=O. The number of benzene rings is 2. The van der Waals surface area contributed by atoms with Gasteiger partial charge in [-0.1, -0.05) is 48.5 Å². The Morgan fingerprint density at radius 2 is 1.88 bits per heavy atom. The summed E-state index contributed by atoms with van der Waals surface area (Å²) in [6.07, 6.45) is 4.19. The number of aryl methyl sites for hydroxylation is 2. The summed E-state index contributed by atoms with van der Waals surface area (Å²) in [5.74, 6) is 0. The van der Waals surface area contributed by atoms with Gasteiger partial charge in [0.05, 0.1) is 6.04 Å². The van der Waals surface area contributed by atoms with Gasteiger partial charge in [-0.25, -0.2) is 10.4 Å². The van der Waals surface area contributed by atoms with E-state index in [2.05, 4.69) is 65.9 Å². The van der Waals surface area contributed by atoms with Crippen molar-refractivity contribution in [3.8, 4) is 0 Å². The van der Waals surface area contributed by atoms with E-state index in [0.29, 0.717) is 6.04 Å². The standard InChI is InChI=1S/C21H26N2O/c1-16-7-3-4-10-20(16)14-22-23(17(2)15-24)21-12-11-18-8-5-6-9-19(18)13-21/h3-10,15,17,21-22H,11-14H2,1-2H3/t17-,21?/m0/s1. The highest BCUT2D eigenvalue weighted by Crippen LogP contribution is 2.24. The van der Waals surface area contributed by atoms with E-state index in [1.165, 1.54) is 22.3 Å². The number of nitrogens with zero attached hydrogens (tertiary/aromatic N) is 1. The molecule has 0 aliphatic heterocycles. The highest BCUT2D eigenvalue weighted by atomic mass is 16.1. The molecule has 3 nitrogen and oxygen atoms in total. The van der Waals surface area contributed by atoms with Crippen molar-refractivity contribution >= 4 is 6.29 Å². The molecule has 0 amide bonds. The zero-order valence-electron chi connectivity index (χ0n) is 14.5. The van der Waals surface area contributed by atoms with E-state index >= 15 is 0 Å². The minimum atomic E-state index is -0.135. The van der Waals surface area contributed by atoms with Crippen LogP contribution < -0.4 is 5.43 Å². The van der Waals surface area contributed by atoms with Crippen LogP contribution in [0.25, 0.3) is 0 Å². The Kier molecular flexibility index (Phi) is 5.44. The van der Waals surface area contributed by atoms with Gasteiger partial charge in [-0.3, -0.25) is 0 Å². The average molecular weight is 322 g/mol. The van der Waals surface area contributed by atoms with Crippen molar-refractivity contribution in [3.63, 3.8) is 0 Å². The molecule has 0 saturated carbocycles. The third-order valence-corrected chi connectivity index (χ3v) is 5.06. The number of hydrazine groups is 1. The largest absolute Gasteiger partial charge is 0.302 e. The van der Waals surface area contributed by atoms with Gasteiger partial charge in [0, 0.05) is 12.6 Å². The second kappa shape index (κ2) is 7.73. The predicted octanol–water partition coefficient (Wildman–Crippen LogP) is 3.45. The fraction of sp³-hybridized carbons (Fsp3) is 0.381. The summed E-state index contributed by atoms with van der Waals surface area (Å²) in [7, 11) is 0. The fourth-order valence-electron chi connectivity index (χ4n) is 3.57. The quantitative estimate of drug-likeness (QED) is 0.653. The topological polar surface area (TPSA) is 32.3 Å². The summed E-state index contributed by atoms with van der Waals surface area (Å²) in [6.45, 7) is 4.85. The maximum Gasteiger partial charge on any atom is 0.138 e. The molecular weight excluding hydrogens is 296 g/mol. The van der Waals surface area contributed by atoms with Crippen molar-refractivity contribution in [1.82, 2.24) is 10.4 Å². The fourth-order valence-corrected chi connectivity index (χ4v) is 3.57. The molecule has 0 fully saturated rings. The first-order valence-electron chi connectivity index (χ1n) is 8.77. The minimum Gasteiger partial charge on any atom is -0.302 e. The lowest BCUT2D eigenvalue weighted by molar-refractivity contribution is -0.114. The molecular formula is C21H26N2O. The Labute approximate surface area is 144 Å². The zero-order valence-corrected chi connectivity index (χ0v) is 14.5. The van der Waals surface area contributed by atoms with E-state index in [1.807, 2.05) is 6.92 Å². The molecule has 3 heteroatoms. The Bertz CT molecular complexity index is 698. The van der Waals surface area contributed by atoms with E-state index in [0.717, 1.165) is 32.1 Å². The minimum absolute atomic E-state index is 0.135. The lowest BCUT2D eigenvalue weighted by Crippen LogP contribution is -2.53. The van der Waals surface area contributed by atoms with Crippen molar-refractivity contribution in [2.24, 2.45) is 0 Å². The molecule has 1 N–H and O–H groups in total. The Hall–Kier alpha value is -1.97. The van der Waals surface area contributed by atoms with Gasteiger partial charge in [-0.05, 0) is 55.4 Å². The highest BCUT2D eigenvalue weighted by molar-refractivity contribution is 5.56. The lowest BCUT2D eigenvalue weighted by Gasteiger charge is -2.37. The van der Waals surface area contributed by atoms with Crippen LogP contribution >= 0.6 is 0 Å². The molecule has 0 heterocycles. The Balaban J connectivity index is 1.73. The highest BCUT2D eigenvalue weighted by Gasteiger charge is 2.27. The van der Waals surface area contributed by atoms with Crippen LogP contribution in [0.4, 0.5) is 0 Å². The van der Waals surface area contributed by atoms with Crippen LogP contribution in [0.5, 0.6) is 0 Å². The van der Waals surface area contributed by atoms with Crippen molar-refractivity contribution in [1.29, 1.82) is 0 Å². The summed E-state index contributed by atoms with van der Waals surface area (Å²) in [4.78, 5) is 11.4. The van der Waals surface area contributed by atoms with E-state index < -0.39 is 0 Å². The van der Waals surface area contributed by atoms with Gasteiger partial charge in [-0.15, -0.1) is 0 Å². The van der Waals surface area contributed by atoms with Crippen LogP contribution in [0.2, 0.25) is 0 Å². The van der Waals surface area contributed by atoms with Crippen molar-refractivity contribution in [2.45, 2.75) is 51.7 Å². The second-order valence-corrected chi connectivity index (χ2v) is 6.71. The summed E-state index contributed by atoms with van der Waals surface area (Å²) < 4.78 is 0. The normalized spacial score (nSPS) is 18.2. The van der Waals surface area contributed by atoms with Gasteiger partial charge < -0.3 is 4.79 Å². The maximum atomic E-state index is 11.4. The second-order valence-electron chi connectivity index (χ2n) is 6.71. The number of carbonyl (C=O) groups is 1. The number of aldehydes is 1. The average Bonchev–Trinajstić information content (AvgIpc) is 2.63. The van der Waals surface area contributed by atoms with E-state index in [4.69, 9.17) is 0 Å². The van der Waals surface area contributed by atoms with Crippen LogP contribution in [0.1, 0.15) is 35.6 Å². The van der Waals surface area contributed by atoms with Crippen molar-refractivity contribution in [3.05, 3.63) is 70.8 Å². The molecule has 1 aliphatic rings. The van der Waals surface area contributed by atoms with E-state index in [9.17, 15) is 4.79 Å². The molecule has 0 radical (unpaired) electrons. The molecule has 2 aromatic carbocycles. The maximum absolute atomic E-state index is 11.4. The van der Waals surface area contributed by atoms with Gasteiger partial charge in [-0.2, -0.15) is 0 Å². The molecule has 2 atom stereocenters. The molecule has 24 heavy (non-hydrogen) atoms.